The number of hydrogen-bond donors (Lipinski definition) is 2. The Balaban J connectivity index is 5.17. The molecular weight excluding hydrogens is 264 g/mol. The van der Waals surface area contributed by atoms with Gasteiger partial charge in [0.15, 0.2) is 4.87 Å². The number of carboxylic acid groups (broad SMARTS) is 2. The maximum absolute atomic E-state index is 11.3. The second-order valence-electron chi connectivity index (χ2n) is 3.82. The molecule has 0 aliphatic rings. The minimum Gasteiger partial charge on any atom is -0.481 e. The van der Waals surface area contributed by atoms with Gasteiger partial charge in [-0.25, -0.2) is 4.79 Å². The van der Waals surface area contributed by atoms with E-state index < -0.39 is 35.3 Å². The standard InChI is InChI=1S/C11H15ClO6/c1-4-7(18-9(15)6(2)3)11(12,10(16)17)5-8(13)14/h7H,2,4-5H2,1,3H3,(H,13,14)(H,16,17). The van der Waals surface area contributed by atoms with Gasteiger partial charge in [-0.05, 0) is 13.3 Å². The fourth-order valence-electron chi connectivity index (χ4n) is 1.28. The molecule has 102 valence electrons. The lowest BCUT2D eigenvalue weighted by atomic mass is 9.95. The van der Waals surface area contributed by atoms with Crippen LogP contribution in [-0.4, -0.2) is 39.1 Å². The van der Waals surface area contributed by atoms with Gasteiger partial charge in [0.05, 0.1) is 6.42 Å². The lowest BCUT2D eigenvalue weighted by molar-refractivity contribution is -0.158. The molecule has 7 heteroatoms. The summed E-state index contributed by atoms with van der Waals surface area (Å²) in [5.41, 5.74) is 0.0770. The van der Waals surface area contributed by atoms with Crippen molar-refractivity contribution in [3.63, 3.8) is 0 Å². The minimum atomic E-state index is -2.19. The van der Waals surface area contributed by atoms with Crippen LogP contribution in [0, 0.1) is 0 Å². The maximum Gasteiger partial charge on any atom is 0.333 e. The predicted octanol–water partition coefficient (Wildman–Crippen LogP) is 1.42. The number of ether oxygens (including phenoxy) is 1. The first-order valence-electron chi connectivity index (χ1n) is 5.15. The van der Waals surface area contributed by atoms with Crippen molar-refractivity contribution in [2.45, 2.75) is 37.7 Å². The number of alkyl halides is 1. The number of esters is 1. The monoisotopic (exact) mass is 278 g/mol. The van der Waals surface area contributed by atoms with Crippen LogP contribution in [0.1, 0.15) is 26.7 Å². The predicted molar refractivity (Wildman–Crippen MR) is 63.5 cm³/mol. The van der Waals surface area contributed by atoms with Crippen molar-refractivity contribution < 1.29 is 29.3 Å². The molecule has 0 aromatic carbocycles. The van der Waals surface area contributed by atoms with Crippen LogP contribution < -0.4 is 0 Å². The minimum absolute atomic E-state index is 0.0715. The molecule has 0 heterocycles. The van der Waals surface area contributed by atoms with E-state index in [-0.39, 0.29) is 12.0 Å². The van der Waals surface area contributed by atoms with Crippen LogP contribution in [0.5, 0.6) is 0 Å². The molecule has 18 heavy (non-hydrogen) atoms. The maximum atomic E-state index is 11.3. The van der Waals surface area contributed by atoms with E-state index in [1.807, 2.05) is 0 Å². The molecule has 0 amide bonds. The Morgan fingerprint density at radius 2 is 1.89 bits per heavy atom. The van der Waals surface area contributed by atoms with Gasteiger partial charge in [-0.3, -0.25) is 9.59 Å². The van der Waals surface area contributed by atoms with Gasteiger partial charge in [-0.15, -0.1) is 11.6 Å². The number of carbonyl (C=O) groups is 3. The highest BCUT2D eigenvalue weighted by Gasteiger charge is 2.48. The normalized spacial score (nSPS) is 15.3. The van der Waals surface area contributed by atoms with Crippen molar-refractivity contribution in [3.05, 3.63) is 12.2 Å². The zero-order valence-corrected chi connectivity index (χ0v) is 10.9. The third kappa shape index (κ3) is 4.03. The van der Waals surface area contributed by atoms with Gasteiger partial charge in [-0.2, -0.15) is 0 Å². The lowest BCUT2D eigenvalue weighted by Crippen LogP contribution is -2.48. The number of carboxylic acids is 2. The molecule has 0 fully saturated rings. The van der Waals surface area contributed by atoms with Crippen LogP contribution in [0.25, 0.3) is 0 Å². The van der Waals surface area contributed by atoms with Crippen LogP contribution in [0.15, 0.2) is 12.2 Å². The second kappa shape index (κ2) is 6.39. The molecule has 0 saturated carbocycles. The highest BCUT2D eigenvalue weighted by Crippen LogP contribution is 2.30. The van der Waals surface area contributed by atoms with Gasteiger partial charge in [0, 0.05) is 5.57 Å². The summed E-state index contributed by atoms with van der Waals surface area (Å²) in [5.74, 6) is -3.75. The molecule has 0 spiro atoms. The van der Waals surface area contributed by atoms with Crippen LogP contribution in [0.2, 0.25) is 0 Å². The SMILES string of the molecule is C=C(C)C(=O)OC(CC)C(Cl)(CC(=O)O)C(=O)O. The topological polar surface area (TPSA) is 101 Å². The summed E-state index contributed by atoms with van der Waals surface area (Å²) < 4.78 is 4.87. The average Bonchev–Trinajstić information content (AvgIpc) is 2.23. The number of hydrogen-bond acceptors (Lipinski definition) is 4. The Hall–Kier alpha value is -1.56. The highest BCUT2D eigenvalue weighted by molar-refractivity contribution is 6.35. The fourth-order valence-corrected chi connectivity index (χ4v) is 1.59. The number of aliphatic carboxylic acids is 2. The van der Waals surface area contributed by atoms with E-state index in [0.717, 1.165) is 0 Å². The van der Waals surface area contributed by atoms with E-state index >= 15 is 0 Å². The van der Waals surface area contributed by atoms with Crippen LogP contribution in [-0.2, 0) is 19.1 Å². The first kappa shape index (κ1) is 16.4. The number of rotatable bonds is 7. The van der Waals surface area contributed by atoms with Crippen LogP contribution >= 0.6 is 11.6 Å². The van der Waals surface area contributed by atoms with E-state index in [4.69, 9.17) is 26.6 Å². The molecule has 2 unspecified atom stereocenters. The van der Waals surface area contributed by atoms with Gasteiger partial charge in [0.1, 0.15) is 6.10 Å². The zero-order valence-electron chi connectivity index (χ0n) is 10.1. The van der Waals surface area contributed by atoms with E-state index in [0.29, 0.717) is 0 Å². The summed E-state index contributed by atoms with van der Waals surface area (Å²) >= 11 is 5.80. The molecule has 0 bridgehead atoms. The molecule has 0 aromatic rings. The largest absolute Gasteiger partial charge is 0.481 e. The zero-order chi connectivity index (χ0) is 14.5. The summed E-state index contributed by atoms with van der Waals surface area (Å²) in [5, 5.41) is 17.7. The van der Waals surface area contributed by atoms with Crippen molar-refractivity contribution in [1.82, 2.24) is 0 Å². The quantitative estimate of drug-likeness (QED) is 0.415. The van der Waals surface area contributed by atoms with E-state index in [1.54, 1.807) is 0 Å². The average molecular weight is 279 g/mol. The van der Waals surface area contributed by atoms with E-state index in [1.165, 1.54) is 13.8 Å². The lowest BCUT2D eigenvalue weighted by Gasteiger charge is -2.29. The Morgan fingerprint density at radius 3 is 2.17 bits per heavy atom. The summed E-state index contributed by atoms with van der Waals surface area (Å²) in [6.07, 6.45) is -2.04. The van der Waals surface area contributed by atoms with Gasteiger partial charge in [-0.1, -0.05) is 13.5 Å². The molecule has 2 atom stereocenters. The van der Waals surface area contributed by atoms with E-state index in [9.17, 15) is 14.4 Å². The summed E-state index contributed by atoms with van der Waals surface area (Å²) in [7, 11) is 0. The van der Waals surface area contributed by atoms with Gasteiger partial charge in [0.2, 0.25) is 0 Å². The van der Waals surface area contributed by atoms with Crippen molar-refractivity contribution in [2.24, 2.45) is 0 Å². The van der Waals surface area contributed by atoms with Crippen molar-refractivity contribution in [2.75, 3.05) is 0 Å². The summed E-state index contributed by atoms with van der Waals surface area (Å²) in [6, 6.07) is 0. The molecule has 0 rings (SSSR count). The molecule has 0 saturated heterocycles. The van der Waals surface area contributed by atoms with Crippen molar-refractivity contribution >= 4 is 29.5 Å². The second-order valence-corrected chi connectivity index (χ2v) is 4.50. The van der Waals surface area contributed by atoms with E-state index in [2.05, 4.69) is 6.58 Å². The summed E-state index contributed by atoms with van der Waals surface area (Å²) in [6.45, 7) is 6.28. The third-order valence-electron chi connectivity index (χ3n) is 2.24. The third-order valence-corrected chi connectivity index (χ3v) is 2.78. The van der Waals surface area contributed by atoms with Gasteiger partial charge in [0.25, 0.3) is 0 Å². The Labute approximate surface area is 109 Å². The molecule has 0 radical (unpaired) electrons. The fraction of sp³-hybridized carbons (Fsp3) is 0.545. The molecular formula is C11H15ClO6. The van der Waals surface area contributed by atoms with Gasteiger partial charge < -0.3 is 14.9 Å². The highest BCUT2D eigenvalue weighted by atomic mass is 35.5. The first-order chi connectivity index (χ1) is 8.15. The van der Waals surface area contributed by atoms with Crippen LogP contribution in [0.4, 0.5) is 0 Å². The smallest absolute Gasteiger partial charge is 0.333 e. The molecule has 0 aromatic heterocycles. The molecule has 0 aliphatic heterocycles. The first-order valence-corrected chi connectivity index (χ1v) is 5.53. The van der Waals surface area contributed by atoms with Crippen molar-refractivity contribution in [1.29, 1.82) is 0 Å². The van der Waals surface area contributed by atoms with Crippen LogP contribution in [0.3, 0.4) is 0 Å². The van der Waals surface area contributed by atoms with Gasteiger partial charge >= 0.3 is 17.9 Å². The Morgan fingerprint density at radius 1 is 1.39 bits per heavy atom. The number of carbonyl (C=O) groups excluding carboxylic acids is 1. The Bertz CT molecular complexity index is 378. The number of halogens is 1. The van der Waals surface area contributed by atoms with Crippen molar-refractivity contribution in [3.8, 4) is 0 Å². The Kier molecular flexibility index (Phi) is 5.84. The molecule has 0 aliphatic carbocycles. The molecule has 2 N–H and O–H groups in total. The summed E-state index contributed by atoms with van der Waals surface area (Å²) in [4.78, 5) is 30.9. The molecule has 6 nitrogen and oxygen atoms in total.